The number of hydrogen-bond donors (Lipinski definition) is 2. The van der Waals surface area contributed by atoms with Crippen LogP contribution in [0.3, 0.4) is 0 Å². The average Bonchev–Trinajstić information content (AvgIpc) is 2.44. The minimum atomic E-state index is -0.906. The van der Waals surface area contributed by atoms with Crippen LogP contribution in [-0.4, -0.2) is 37.0 Å². The van der Waals surface area contributed by atoms with Crippen molar-refractivity contribution in [2.45, 2.75) is 58.4 Å². The molecule has 1 fully saturated rings. The van der Waals surface area contributed by atoms with Crippen molar-refractivity contribution in [3.05, 3.63) is 0 Å². The van der Waals surface area contributed by atoms with Gasteiger partial charge in [-0.1, -0.05) is 40.0 Å². The van der Waals surface area contributed by atoms with E-state index in [0.717, 1.165) is 19.3 Å². The summed E-state index contributed by atoms with van der Waals surface area (Å²) in [6.45, 7) is 5.25. The minimum Gasteiger partial charge on any atom is -0.468 e. The van der Waals surface area contributed by atoms with E-state index in [9.17, 15) is 14.4 Å². The molecule has 0 aromatic carbocycles. The van der Waals surface area contributed by atoms with Crippen LogP contribution in [0.2, 0.25) is 0 Å². The lowest BCUT2D eigenvalue weighted by Gasteiger charge is -2.38. The third-order valence-corrected chi connectivity index (χ3v) is 3.80. The molecule has 1 aliphatic rings. The van der Waals surface area contributed by atoms with E-state index in [4.69, 9.17) is 0 Å². The van der Waals surface area contributed by atoms with Gasteiger partial charge in [0, 0.05) is 5.41 Å². The van der Waals surface area contributed by atoms with Crippen LogP contribution in [0, 0.1) is 5.41 Å². The lowest BCUT2D eigenvalue weighted by Crippen LogP contribution is -2.61. The lowest BCUT2D eigenvalue weighted by molar-refractivity contribution is -0.143. The molecule has 0 aromatic heterocycles. The second-order valence-electron chi connectivity index (χ2n) is 6.61. The number of rotatable bonds is 4. The van der Waals surface area contributed by atoms with Gasteiger partial charge in [0.2, 0.25) is 11.8 Å². The Bertz CT molecular complexity index is 406. The Hall–Kier alpha value is -1.59. The van der Waals surface area contributed by atoms with Gasteiger partial charge >= 0.3 is 5.97 Å². The second kappa shape index (κ2) is 6.91. The third kappa shape index (κ3) is 4.72. The van der Waals surface area contributed by atoms with Gasteiger partial charge in [0.15, 0.2) is 0 Å². The van der Waals surface area contributed by atoms with E-state index in [1.807, 2.05) is 20.8 Å². The molecular weight excluding hydrogens is 272 g/mol. The van der Waals surface area contributed by atoms with Crippen molar-refractivity contribution in [1.29, 1.82) is 0 Å². The van der Waals surface area contributed by atoms with Gasteiger partial charge in [-0.3, -0.25) is 14.4 Å². The predicted molar refractivity (Wildman–Crippen MR) is 78.4 cm³/mol. The van der Waals surface area contributed by atoms with Crippen LogP contribution in [0.15, 0.2) is 0 Å². The first-order valence-electron chi connectivity index (χ1n) is 7.39. The molecule has 0 aliphatic heterocycles. The summed E-state index contributed by atoms with van der Waals surface area (Å²) >= 11 is 0. The first-order valence-corrected chi connectivity index (χ1v) is 7.39. The third-order valence-electron chi connectivity index (χ3n) is 3.80. The first kappa shape index (κ1) is 17.5. The zero-order chi connectivity index (χ0) is 16.1. The molecule has 0 radical (unpaired) electrons. The quantitative estimate of drug-likeness (QED) is 0.762. The lowest BCUT2D eigenvalue weighted by atomic mass is 9.79. The molecule has 2 amide bonds. The van der Waals surface area contributed by atoms with E-state index in [1.165, 1.54) is 7.11 Å². The fourth-order valence-electron chi connectivity index (χ4n) is 2.36. The number of hydrogen-bond acceptors (Lipinski definition) is 4. The van der Waals surface area contributed by atoms with Gasteiger partial charge < -0.3 is 15.4 Å². The molecule has 2 N–H and O–H groups in total. The highest BCUT2D eigenvalue weighted by Gasteiger charge is 2.42. The van der Waals surface area contributed by atoms with Crippen LogP contribution in [0.1, 0.15) is 52.9 Å². The number of carbonyl (C=O) groups is 3. The molecule has 0 saturated heterocycles. The summed E-state index contributed by atoms with van der Waals surface area (Å²) in [4.78, 5) is 35.9. The highest BCUT2D eigenvalue weighted by molar-refractivity contribution is 5.94. The Morgan fingerprint density at radius 1 is 1.10 bits per heavy atom. The first-order chi connectivity index (χ1) is 9.71. The van der Waals surface area contributed by atoms with Gasteiger partial charge in [-0.15, -0.1) is 0 Å². The van der Waals surface area contributed by atoms with E-state index in [-0.39, 0.29) is 18.4 Å². The average molecular weight is 298 g/mol. The van der Waals surface area contributed by atoms with Crippen LogP contribution >= 0.6 is 0 Å². The number of amides is 2. The van der Waals surface area contributed by atoms with Gasteiger partial charge in [-0.05, 0) is 12.8 Å². The largest absolute Gasteiger partial charge is 0.468 e. The van der Waals surface area contributed by atoms with Crippen molar-refractivity contribution in [2.75, 3.05) is 13.7 Å². The van der Waals surface area contributed by atoms with Crippen molar-refractivity contribution in [3.8, 4) is 0 Å². The van der Waals surface area contributed by atoms with Gasteiger partial charge in [-0.2, -0.15) is 0 Å². The molecule has 6 heteroatoms. The maximum atomic E-state index is 12.5. The van der Waals surface area contributed by atoms with Crippen LogP contribution in [-0.2, 0) is 19.1 Å². The fourth-order valence-corrected chi connectivity index (χ4v) is 2.36. The molecule has 120 valence electrons. The van der Waals surface area contributed by atoms with Crippen molar-refractivity contribution >= 4 is 17.8 Å². The molecular formula is C15H26N2O4. The number of carbonyl (C=O) groups excluding carboxylic acids is 3. The SMILES string of the molecule is COC(=O)CNC(=O)C1(NC(=O)C(C)(C)C)CCCCC1. The zero-order valence-electron chi connectivity index (χ0n) is 13.4. The van der Waals surface area contributed by atoms with E-state index in [1.54, 1.807) is 0 Å². The van der Waals surface area contributed by atoms with E-state index >= 15 is 0 Å². The van der Waals surface area contributed by atoms with E-state index in [0.29, 0.717) is 12.8 Å². The summed E-state index contributed by atoms with van der Waals surface area (Å²) in [7, 11) is 1.27. The Morgan fingerprint density at radius 3 is 2.14 bits per heavy atom. The summed E-state index contributed by atoms with van der Waals surface area (Å²) in [5, 5.41) is 5.48. The number of nitrogens with one attached hydrogen (secondary N) is 2. The van der Waals surface area contributed by atoms with Gasteiger partial charge in [0.25, 0.3) is 0 Å². The number of esters is 1. The monoisotopic (exact) mass is 298 g/mol. The summed E-state index contributed by atoms with van der Waals surface area (Å²) in [6, 6.07) is 0. The van der Waals surface area contributed by atoms with Crippen LogP contribution in [0.4, 0.5) is 0 Å². The predicted octanol–water partition coefficient (Wildman–Crippen LogP) is 1.14. The standard InChI is InChI=1S/C15H26N2O4/c1-14(2,3)12(19)17-15(8-6-5-7-9-15)13(20)16-10-11(18)21-4/h5-10H2,1-4H3,(H,16,20)(H,17,19). The number of ether oxygens (including phenoxy) is 1. The molecule has 0 unspecified atom stereocenters. The fraction of sp³-hybridized carbons (Fsp3) is 0.800. The summed E-state index contributed by atoms with van der Waals surface area (Å²) < 4.78 is 4.52. The maximum absolute atomic E-state index is 12.5. The molecule has 1 saturated carbocycles. The Kier molecular flexibility index (Phi) is 5.75. The minimum absolute atomic E-state index is 0.155. The van der Waals surface area contributed by atoms with Crippen molar-refractivity contribution in [1.82, 2.24) is 10.6 Å². The summed E-state index contributed by atoms with van der Waals surface area (Å²) in [6.07, 6.45) is 4.02. The molecule has 0 aromatic rings. The topological polar surface area (TPSA) is 84.5 Å². The molecule has 0 bridgehead atoms. The Balaban J connectivity index is 2.80. The van der Waals surface area contributed by atoms with E-state index < -0.39 is 16.9 Å². The highest BCUT2D eigenvalue weighted by Crippen LogP contribution is 2.30. The second-order valence-corrected chi connectivity index (χ2v) is 6.61. The van der Waals surface area contributed by atoms with Crippen molar-refractivity contribution in [3.63, 3.8) is 0 Å². The van der Waals surface area contributed by atoms with Crippen molar-refractivity contribution < 1.29 is 19.1 Å². The van der Waals surface area contributed by atoms with Gasteiger partial charge in [0.1, 0.15) is 12.1 Å². The van der Waals surface area contributed by atoms with Gasteiger partial charge in [-0.25, -0.2) is 0 Å². The maximum Gasteiger partial charge on any atom is 0.325 e. The summed E-state index contributed by atoms with van der Waals surface area (Å²) in [5.41, 5.74) is -1.47. The van der Waals surface area contributed by atoms with Crippen LogP contribution in [0.5, 0.6) is 0 Å². The number of methoxy groups -OCH3 is 1. The van der Waals surface area contributed by atoms with Crippen LogP contribution in [0.25, 0.3) is 0 Å². The molecule has 0 heterocycles. The summed E-state index contributed by atoms with van der Waals surface area (Å²) in [5.74, 6) is -0.959. The molecule has 6 nitrogen and oxygen atoms in total. The molecule has 1 rings (SSSR count). The highest BCUT2D eigenvalue weighted by atomic mass is 16.5. The molecule has 21 heavy (non-hydrogen) atoms. The Labute approximate surface area is 126 Å². The van der Waals surface area contributed by atoms with Crippen molar-refractivity contribution in [2.24, 2.45) is 5.41 Å². The smallest absolute Gasteiger partial charge is 0.325 e. The van der Waals surface area contributed by atoms with E-state index in [2.05, 4.69) is 15.4 Å². The Morgan fingerprint density at radius 2 is 1.67 bits per heavy atom. The normalized spacial score (nSPS) is 17.7. The zero-order valence-corrected chi connectivity index (χ0v) is 13.4. The van der Waals surface area contributed by atoms with Gasteiger partial charge in [0.05, 0.1) is 7.11 Å². The molecule has 0 spiro atoms. The molecule has 1 aliphatic carbocycles. The van der Waals surface area contributed by atoms with Crippen LogP contribution < -0.4 is 10.6 Å². The molecule has 0 atom stereocenters.